The number of rotatable bonds is 4. The third-order valence-corrected chi connectivity index (χ3v) is 8.53. The zero-order valence-electron chi connectivity index (χ0n) is 21.2. The smallest absolute Gasteiger partial charge is 0.332 e. The van der Waals surface area contributed by atoms with Crippen molar-refractivity contribution in [1.82, 2.24) is 14.8 Å². The number of carbonyl (C=O) groups is 4. The molecule has 0 spiro atoms. The average Bonchev–Trinajstić information content (AvgIpc) is 3.65. The molecular weight excluding hydrogens is 510 g/mol. The molecule has 3 fully saturated rings. The van der Waals surface area contributed by atoms with Crippen LogP contribution in [-0.2, 0) is 25.7 Å². The second-order valence-electron chi connectivity index (χ2n) is 10.3. The summed E-state index contributed by atoms with van der Waals surface area (Å²) in [5, 5.41) is 9.84. The molecule has 10 nitrogen and oxygen atoms in total. The second-order valence-corrected chi connectivity index (χ2v) is 10.3. The maximum Gasteiger partial charge on any atom is 0.332 e. The van der Waals surface area contributed by atoms with E-state index < -0.39 is 47.3 Å². The van der Waals surface area contributed by atoms with Crippen LogP contribution in [-0.4, -0.2) is 38.4 Å². The van der Waals surface area contributed by atoms with Crippen molar-refractivity contribution >= 4 is 57.1 Å². The molecule has 5 aromatic rings. The highest BCUT2D eigenvalue weighted by Gasteiger charge is 2.74. The van der Waals surface area contributed by atoms with Crippen LogP contribution in [0.2, 0.25) is 0 Å². The van der Waals surface area contributed by atoms with Gasteiger partial charge in [-0.3, -0.25) is 19.2 Å². The first-order valence-corrected chi connectivity index (χ1v) is 13.1. The van der Waals surface area contributed by atoms with Crippen molar-refractivity contribution in [2.24, 2.45) is 23.7 Å². The third-order valence-electron chi connectivity index (χ3n) is 8.53. The van der Waals surface area contributed by atoms with Crippen LogP contribution in [0, 0.1) is 23.7 Å². The molecule has 4 heterocycles. The molecule has 4 atom stereocenters. The van der Waals surface area contributed by atoms with E-state index in [0.29, 0.717) is 11.3 Å². The fraction of sp³-hybridized carbons (Fsp3) is 0.200. The van der Waals surface area contributed by atoms with Crippen molar-refractivity contribution in [3.05, 3.63) is 72.8 Å². The lowest BCUT2D eigenvalue weighted by atomic mass is 9.59. The molecule has 4 amide bonds. The molecule has 8 rings (SSSR count). The normalized spacial score (nSPS) is 23.8. The number of benzene rings is 3. The van der Waals surface area contributed by atoms with Gasteiger partial charge in [0.2, 0.25) is 29.5 Å². The number of aryl methyl sites for hydroxylation is 1. The molecule has 0 radical (unpaired) electrons. The number of carbonyl (C=O) groups excluding carboxylic acids is 4. The van der Waals surface area contributed by atoms with Gasteiger partial charge in [0.05, 0.1) is 29.4 Å². The van der Waals surface area contributed by atoms with Gasteiger partial charge in [-0.25, -0.2) is 4.90 Å². The molecule has 4 unspecified atom stereocenters. The van der Waals surface area contributed by atoms with Gasteiger partial charge in [-0.05, 0) is 43.3 Å². The molecule has 10 heteroatoms. The van der Waals surface area contributed by atoms with E-state index in [1.807, 2.05) is 42.5 Å². The standard InChI is InChI=1S/C30H21N5O5/c1-2-33-19-11-7-6-10-17(19)18-14-16(12-13-20(18)33)34-26(36)21-22(27(34)37)24-23(21)28(38)35(29(24)39)30-32-31-25(40-30)15-8-4-3-5-9-15/h3-14,21-24H,2H2,1H3. The minimum Gasteiger partial charge on any atom is -0.403 e. The van der Waals surface area contributed by atoms with Crippen molar-refractivity contribution in [1.29, 1.82) is 0 Å². The summed E-state index contributed by atoms with van der Waals surface area (Å²) in [4.78, 5) is 56.1. The summed E-state index contributed by atoms with van der Waals surface area (Å²) in [6, 6.07) is 22.2. The summed E-state index contributed by atoms with van der Waals surface area (Å²) in [6.07, 6.45) is 0. The monoisotopic (exact) mass is 531 g/mol. The van der Waals surface area contributed by atoms with Crippen molar-refractivity contribution in [2.45, 2.75) is 13.5 Å². The zero-order valence-corrected chi connectivity index (χ0v) is 21.2. The van der Waals surface area contributed by atoms with Crippen LogP contribution in [0.25, 0.3) is 33.3 Å². The first-order valence-electron chi connectivity index (χ1n) is 13.1. The van der Waals surface area contributed by atoms with Gasteiger partial charge in [0.15, 0.2) is 0 Å². The summed E-state index contributed by atoms with van der Waals surface area (Å²) in [5.74, 6) is -5.62. The van der Waals surface area contributed by atoms with E-state index in [2.05, 4.69) is 21.7 Å². The molecule has 2 aliphatic heterocycles. The van der Waals surface area contributed by atoms with Crippen LogP contribution in [0.1, 0.15) is 6.92 Å². The fourth-order valence-electron chi connectivity index (χ4n) is 6.76. The van der Waals surface area contributed by atoms with Gasteiger partial charge in [-0.15, -0.1) is 5.10 Å². The number of para-hydroxylation sites is 1. The Morgan fingerprint density at radius 1 is 0.675 bits per heavy atom. The Kier molecular flexibility index (Phi) is 4.54. The Bertz CT molecular complexity index is 1880. The molecule has 2 aromatic heterocycles. The van der Waals surface area contributed by atoms with E-state index in [1.54, 1.807) is 30.3 Å². The maximum absolute atomic E-state index is 13.6. The topological polar surface area (TPSA) is 119 Å². The molecule has 3 aliphatic rings. The third kappa shape index (κ3) is 2.77. The minimum atomic E-state index is -0.934. The zero-order chi connectivity index (χ0) is 27.3. The SMILES string of the molecule is CCn1c2ccccc2c2cc(N3C(=O)C4C(C3=O)C3C(=O)N(c5nnc(-c6ccccc6)o5)C(=O)C43)ccc21. The van der Waals surface area contributed by atoms with Crippen molar-refractivity contribution in [2.75, 3.05) is 9.80 Å². The molecule has 2 saturated heterocycles. The van der Waals surface area contributed by atoms with Crippen LogP contribution >= 0.6 is 0 Å². The number of fused-ring (bicyclic) bond motifs is 7. The molecule has 1 saturated carbocycles. The van der Waals surface area contributed by atoms with Crippen LogP contribution < -0.4 is 9.80 Å². The highest BCUT2D eigenvalue weighted by Crippen LogP contribution is 2.57. The van der Waals surface area contributed by atoms with Crippen molar-refractivity contribution < 1.29 is 23.6 Å². The molecule has 1 aliphatic carbocycles. The van der Waals surface area contributed by atoms with E-state index in [4.69, 9.17) is 4.42 Å². The number of aromatic nitrogens is 3. The Morgan fingerprint density at radius 2 is 1.27 bits per heavy atom. The van der Waals surface area contributed by atoms with Crippen molar-refractivity contribution in [3.8, 4) is 11.5 Å². The first kappa shape index (κ1) is 22.8. The Morgan fingerprint density at radius 3 is 1.95 bits per heavy atom. The van der Waals surface area contributed by atoms with E-state index >= 15 is 0 Å². The Balaban J connectivity index is 1.13. The van der Waals surface area contributed by atoms with Gasteiger partial charge in [0.25, 0.3) is 0 Å². The van der Waals surface area contributed by atoms with Crippen LogP contribution in [0.15, 0.2) is 77.2 Å². The second kappa shape index (κ2) is 7.95. The molecule has 0 N–H and O–H groups in total. The number of hydrogen-bond donors (Lipinski definition) is 0. The Labute approximate surface area is 226 Å². The Hall–Kier alpha value is -5.12. The average molecular weight is 532 g/mol. The predicted octanol–water partition coefficient (Wildman–Crippen LogP) is 3.79. The lowest BCUT2D eigenvalue weighted by molar-refractivity contribution is -0.146. The maximum atomic E-state index is 13.6. The summed E-state index contributed by atoms with van der Waals surface area (Å²) in [5.41, 5.74) is 3.15. The first-order chi connectivity index (χ1) is 19.5. The summed E-state index contributed by atoms with van der Waals surface area (Å²) in [6.45, 7) is 2.84. The fourth-order valence-corrected chi connectivity index (χ4v) is 6.76. The molecule has 0 bridgehead atoms. The summed E-state index contributed by atoms with van der Waals surface area (Å²) >= 11 is 0. The summed E-state index contributed by atoms with van der Waals surface area (Å²) in [7, 11) is 0. The van der Waals surface area contributed by atoms with E-state index in [1.165, 1.54) is 0 Å². The number of amides is 4. The summed E-state index contributed by atoms with van der Waals surface area (Å²) < 4.78 is 7.84. The van der Waals surface area contributed by atoms with Gasteiger partial charge in [-0.1, -0.05) is 41.5 Å². The molecule has 40 heavy (non-hydrogen) atoms. The number of nitrogens with zero attached hydrogens (tertiary/aromatic N) is 5. The van der Waals surface area contributed by atoms with Crippen molar-refractivity contribution in [3.63, 3.8) is 0 Å². The highest BCUT2D eigenvalue weighted by atomic mass is 16.4. The van der Waals surface area contributed by atoms with Crippen LogP contribution in [0.3, 0.4) is 0 Å². The number of hydrogen-bond acceptors (Lipinski definition) is 7. The van der Waals surface area contributed by atoms with Gasteiger partial charge in [0.1, 0.15) is 0 Å². The van der Waals surface area contributed by atoms with E-state index in [-0.39, 0.29) is 11.9 Å². The quantitative estimate of drug-likeness (QED) is 0.324. The van der Waals surface area contributed by atoms with Crippen LogP contribution in [0.5, 0.6) is 0 Å². The molecule has 196 valence electrons. The van der Waals surface area contributed by atoms with Gasteiger partial charge < -0.3 is 8.98 Å². The lowest BCUT2D eigenvalue weighted by Gasteiger charge is -2.36. The van der Waals surface area contributed by atoms with E-state index in [9.17, 15) is 19.2 Å². The van der Waals surface area contributed by atoms with Gasteiger partial charge in [-0.2, -0.15) is 4.90 Å². The number of anilines is 2. The van der Waals surface area contributed by atoms with Gasteiger partial charge >= 0.3 is 6.01 Å². The largest absolute Gasteiger partial charge is 0.403 e. The minimum absolute atomic E-state index is 0.161. The highest BCUT2D eigenvalue weighted by molar-refractivity contribution is 6.32. The van der Waals surface area contributed by atoms with E-state index in [0.717, 1.165) is 38.2 Å². The molecule has 3 aromatic carbocycles. The van der Waals surface area contributed by atoms with Gasteiger partial charge in [0, 0.05) is 33.9 Å². The molecular formula is C30H21N5O5. The number of imide groups is 2. The van der Waals surface area contributed by atoms with Crippen LogP contribution in [0.4, 0.5) is 11.7 Å². The predicted molar refractivity (Wildman–Crippen MR) is 144 cm³/mol. The lowest BCUT2D eigenvalue weighted by Crippen LogP contribution is -2.50.